The third-order valence-corrected chi connectivity index (χ3v) is 4.18. The predicted molar refractivity (Wildman–Crippen MR) is 71.3 cm³/mol. The van der Waals surface area contributed by atoms with Crippen molar-refractivity contribution in [2.45, 2.75) is 50.1 Å². The van der Waals surface area contributed by atoms with E-state index in [-0.39, 0.29) is 11.4 Å². The molecule has 96 valence electrons. The van der Waals surface area contributed by atoms with E-state index >= 15 is 0 Å². The number of carbonyl (C=O) groups excluding carboxylic acids is 1. The van der Waals surface area contributed by atoms with Gasteiger partial charge >= 0.3 is 0 Å². The first kappa shape index (κ1) is 11.7. The number of nitrogens with two attached hydrogens (primary N) is 1. The molecule has 0 radical (unpaired) electrons. The minimum absolute atomic E-state index is 0.0491. The van der Waals surface area contributed by atoms with Crippen molar-refractivity contribution >= 4 is 5.91 Å². The molecule has 1 aromatic carbocycles. The van der Waals surface area contributed by atoms with Crippen LogP contribution in [-0.4, -0.2) is 11.9 Å². The van der Waals surface area contributed by atoms with Gasteiger partial charge in [-0.3, -0.25) is 4.79 Å². The first-order valence-electron chi connectivity index (χ1n) is 6.88. The standard InChI is InChI=1S/C15H20N2O/c16-15(8-9-15)12-5-3-4-11(10-12)14(18)17-13-6-1-2-7-13/h3-5,10,13H,1-2,6-9,16H2,(H,17,18). The van der Waals surface area contributed by atoms with Crippen LogP contribution in [0.4, 0.5) is 0 Å². The van der Waals surface area contributed by atoms with Crippen LogP contribution in [0, 0.1) is 0 Å². The van der Waals surface area contributed by atoms with E-state index in [1.807, 2.05) is 24.3 Å². The molecule has 0 atom stereocenters. The van der Waals surface area contributed by atoms with E-state index in [2.05, 4.69) is 5.32 Å². The number of carbonyl (C=O) groups is 1. The number of rotatable bonds is 3. The molecule has 3 heteroatoms. The molecule has 0 spiro atoms. The average Bonchev–Trinajstić information content (AvgIpc) is 2.93. The summed E-state index contributed by atoms with van der Waals surface area (Å²) in [6.07, 6.45) is 6.76. The molecule has 2 aliphatic carbocycles. The molecule has 3 rings (SSSR count). The summed E-state index contributed by atoms with van der Waals surface area (Å²) in [6.45, 7) is 0. The third kappa shape index (κ3) is 2.27. The Morgan fingerprint density at radius 1 is 1.28 bits per heavy atom. The number of hydrogen-bond donors (Lipinski definition) is 2. The second-order valence-electron chi connectivity index (χ2n) is 5.69. The summed E-state index contributed by atoms with van der Waals surface area (Å²) in [4.78, 5) is 12.1. The van der Waals surface area contributed by atoms with Crippen LogP contribution in [0.5, 0.6) is 0 Å². The van der Waals surface area contributed by atoms with Crippen molar-refractivity contribution in [2.24, 2.45) is 5.73 Å². The summed E-state index contributed by atoms with van der Waals surface area (Å²) < 4.78 is 0. The fraction of sp³-hybridized carbons (Fsp3) is 0.533. The molecule has 0 aromatic heterocycles. The Balaban J connectivity index is 1.73. The lowest BCUT2D eigenvalue weighted by molar-refractivity contribution is 0.0938. The van der Waals surface area contributed by atoms with E-state index in [0.29, 0.717) is 6.04 Å². The molecule has 1 aromatic rings. The van der Waals surface area contributed by atoms with E-state index in [0.717, 1.165) is 36.8 Å². The molecule has 3 N–H and O–H groups in total. The van der Waals surface area contributed by atoms with Crippen LogP contribution in [0.15, 0.2) is 24.3 Å². The van der Waals surface area contributed by atoms with Gasteiger partial charge in [0.2, 0.25) is 0 Å². The van der Waals surface area contributed by atoms with Gasteiger partial charge in [-0.1, -0.05) is 25.0 Å². The van der Waals surface area contributed by atoms with Crippen LogP contribution in [-0.2, 0) is 5.54 Å². The number of hydrogen-bond acceptors (Lipinski definition) is 2. The monoisotopic (exact) mass is 244 g/mol. The molecule has 2 saturated carbocycles. The van der Waals surface area contributed by atoms with Gasteiger partial charge in [0, 0.05) is 17.1 Å². The molecule has 2 aliphatic rings. The van der Waals surface area contributed by atoms with Gasteiger partial charge in [-0.25, -0.2) is 0 Å². The number of nitrogens with one attached hydrogen (secondary N) is 1. The van der Waals surface area contributed by atoms with Gasteiger partial charge in [0.25, 0.3) is 5.91 Å². The lowest BCUT2D eigenvalue weighted by Gasteiger charge is -2.14. The Bertz CT molecular complexity index is 459. The molecule has 0 heterocycles. The average molecular weight is 244 g/mol. The predicted octanol–water partition coefficient (Wildman–Crippen LogP) is 2.31. The van der Waals surface area contributed by atoms with Gasteiger partial charge in [-0.15, -0.1) is 0 Å². The second kappa shape index (κ2) is 4.39. The van der Waals surface area contributed by atoms with Crippen molar-refractivity contribution < 1.29 is 4.79 Å². The summed E-state index contributed by atoms with van der Waals surface area (Å²) in [7, 11) is 0. The van der Waals surface area contributed by atoms with E-state index in [1.165, 1.54) is 12.8 Å². The minimum Gasteiger partial charge on any atom is -0.349 e. The van der Waals surface area contributed by atoms with Gasteiger partial charge in [0.1, 0.15) is 0 Å². The third-order valence-electron chi connectivity index (χ3n) is 4.18. The molecular formula is C15H20N2O. The minimum atomic E-state index is -0.163. The zero-order chi connectivity index (χ0) is 12.6. The Labute approximate surface area is 108 Å². The van der Waals surface area contributed by atoms with Crippen LogP contribution in [0.1, 0.15) is 54.4 Å². The van der Waals surface area contributed by atoms with Crippen LogP contribution in [0.3, 0.4) is 0 Å². The molecule has 3 nitrogen and oxygen atoms in total. The largest absolute Gasteiger partial charge is 0.349 e. The zero-order valence-corrected chi connectivity index (χ0v) is 10.6. The fourth-order valence-corrected chi connectivity index (χ4v) is 2.73. The molecular weight excluding hydrogens is 224 g/mol. The highest BCUT2D eigenvalue weighted by molar-refractivity contribution is 5.94. The van der Waals surface area contributed by atoms with E-state index in [1.54, 1.807) is 0 Å². The van der Waals surface area contributed by atoms with Crippen LogP contribution in [0.2, 0.25) is 0 Å². The Morgan fingerprint density at radius 2 is 2.00 bits per heavy atom. The lowest BCUT2D eigenvalue weighted by atomic mass is 10.0. The normalized spacial score (nSPS) is 21.8. The summed E-state index contributed by atoms with van der Waals surface area (Å²) in [6, 6.07) is 8.16. The molecule has 0 bridgehead atoms. The fourth-order valence-electron chi connectivity index (χ4n) is 2.73. The van der Waals surface area contributed by atoms with Crippen molar-refractivity contribution in [3.05, 3.63) is 35.4 Å². The lowest BCUT2D eigenvalue weighted by Crippen LogP contribution is -2.32. The van der Waals surface area contributed by atoms with Gasteiger partial charge < -0.3 is 11.1 Å². The molecule has 0 aliphatic heterocycles. The highest BCUT2D eigenvalue weighted by atomic mass is 16.1. The smallest absolute Gasteiger partial charge is 0.251 e. The summed E-state index contributed by atoms with van der Waals surface area (Å²) in [5.41, 5.74) is 7.85. The summed E-state index contributed by atoms with van der Waals surface area (Å²) in [5.74, 6) is 0.0491. The van der Waals surface area contributed by atoms with Crippen molar-refractivity contribution in [3.8, 4) is 0 Å². The van der Waals surface area contributed by atoms with Crippen molar-refractivity contribution in [1.82, 2.24) is 5.32 Å². The van der Waals surface area contributed by atoms with E-state index in [9.17, 15) is 4.79 Å². The maximum atomic E-state index is 12.1. The Hall–Kier alpha value is -1.35. The van der Waals surface area contributed by atoms with Gasteiger partial charge in [-0.2, -0.15) is 0 Å². The molecule has 0 saturated heterocycles. The van der Waals surface area contributed by atoms with Crippen molar-refractivity contribution in [1.29, 1.82) is 0 Å². The van der Waals surface area contributed by atoms with E-state index < -0.39 is 0 Å². The molecule has 1 amide bonds. The van der Waals surface area contributed by atoms with Crippen molar-refractivity contribution in [3.63, 3.8) is 0 Å². The quantitative estimate of drug-likeness (QED) is 0.857. The van der Waals surface area contributed by atoms with Crippen molar-refractivity contribution in [2.75, 3.05) is 0 Å². The maximum Gasteiger partial charge on any atom is 0.251 e. The summed E-state index contributed by atoms with van der Waals surface area (Å²) >= 11 is 0. The highest BCUT2D eigenvalue weighted by Crippen LogP contribution is 2.42. The zero-order valence-electron chi connectivity index (χ0n) is 10.6. The topological polar surface area (TPSA) is 55.1 Å². The first-order chi connectivity index (χ1) is 8.67. The highest BCUT2D eigenvalue weighted by Gasteiger charge is 2.40. The van der Waals surface area contributed by atoms with Gasteiger partial charge in [-0.05, 0) is 43.4 Å². The van der Waals surface area contributed by atoms with Gasteiger partial charge in [0.05, 0.1) is 0 Å². The summed E-state index contributed by atoms with van der Waals surface area (Å²) in [5, 5.41) is 3.11. The second-order valence-corrected chi connectivity index (χ2v) is 5.69. The Kier molecular flexibility index (Phi) is 2.86. The van der Waals surface area contributed by atoms with Crippen LogP contribution < -0.4 is 11.1 Å². The maximum absolute atomic E-state index is 12.1. The number of benzene rings is 1. The molecule has 0 unspecified atom stereocenters. The van der Waals surface area contributed by atoms with E-state index in [4.69, 9.17) is 5.73 Å². The van der Waals surface area contributed by atoms with Gasteiger partial charge in [0.15, 0.2) is 0 Å². The number of amides is 1. The van der Waals surface area contributed by atoms with Crippen LogP contribution >= 0.6 is 0 Å². The Morgan fingerprint density at radius 3 is 2.67 bits per heavy atom. The SMILES string of the molecule is NC1(c2cccc(C(=O)NC3CCCC3)c2)CC1. The van der Waals surface area contributed by atoms with Crippen LogP contribution in [0.25, 0.3) is 0 Å². The molecule has 2 fully saturated rings. The molecule has 18 heavy (non-hydrogen) atoms. The first-order valence-corrected chi connectivity index (χ1v) is 6.88.